The van der Waals surface area contributed by atoms with E-state index in [1.54, 1.807) is 24.4 Å². The fourth-order valence-corrected chi connectivity index (χ4v) is 2.07. The largest absolute Gasteiger partial charge is 0.494 e. The minimum absolute atomic E-state index is 0.126. The topological polar surface area (TPSA) is 71.5 Å². The van der Waals surface area contributed by atoms with Gasteiger partial charge in [0.25, 0.3) is 0 Å². The van der Waals surface area contributed by atoms with Gasteiger partial charge in [0, 0.05) is 23.1 Å². The number of carbonyl (C=O) groups excluding carboxylic acids is 1. The molecular formula is C17H20N2O3. The molecule has 5 nitrogen and oxygen atoms in total. The second-order valence-electron chi connectivity index (χ2n) is 4.95. The van der Waals surface area contributed by atoms with Crippen molar-refractivity contribution in [1.82, 2.24) is 4.98 Å². The van der Waals surface area contributed by atoms with Crippen LogP contribution in [0.3, 0.4) is 0 Å². The fraction of sp³-hybridized carbons (Fsp3) is 0.294. The lowest BCUT2D eigenvalue weighted by molar-refractivity contribution is -0.115. The first-order valence-corrected chi connectivity index (χ1v) is 7.20. The number of hydrogen-bond donors (Lipinski definition) is 2. The predicted octanol–water partition coefficient (Wildman–Crippen LogP) is 2.46. The lowest BCUT2D eigenvalue weighted by Crippen LogP contribution is -2.14. The Bertz CT molecular complexity index is 639. The number of aryl methyl sites for hydroxylation is 1. The highest BCUT2D eigenvalue weighted by molar-refractivity contribution is 5.92. The maximum Gasteiger partial charge on any atom is 0.228 e. The molecule has 0 aliphatic heterocycles. The summed E-state index contributed by atoms with van der Waals surface area (Å²) in [6, 6.07) is 8.99. The molecule has 1 heterocycles. The Morgan fingerprint density at radius 2 is 2.14 bits per heavy atom. The molecule has 116 valence electrons. The van der Waals surface area contributed by atoms with E-state index in [0.717, 1.165) is 11.3 Å². The number of nitrogens with one attached hydrogen (secondary N) is 1. The maximum absolute atomic E-state index is 12.0. The highest BCUT2D eigenvalue weighted by Gasteiger charge is 2.08. The lowest BCUT2D eigenvalue weighted by atomic mass is 10.1. The number of nitrogens with zero attached hydrogens (tertiary/aromatic N) is 1. The van der Waals surface area contributed by atoms with Crippen LogP contribution in [0.15, 0.2) is 36.5 Å². The predicted molar refractivity (Wildman–Crippen MR) is 84.8 cm³/mol. The molecule has 2 rings (SSSR count). The highest BCUT2D eigenvalue weighted by Crippen LogP contribution is 2.23. The molecule has 0 saturated heterocycles. The molecule has 2 N–H and O–H groups in total. The van der Waals surface area contributed by atoms with E-state index in [4.69, 9.17) is 4.74 Å². The summed E-state index contributed by atoms with van der Waals surface area (Å²) in [6.45, 7) is 4.17. The van der Waals surface area contributed by atoms with E-state index in [1.807, 2.05) is 26.0 Å². The number of aliphatic hydroxyl groups is 1. The molecule has 0 unspecified atom stereocenters. The smallest absolute Gasteiger partial charge is 0.228 e. The number of benzene rings is 1. The van der Waals surface area contributed by atoms with Gasteiger partial charge >= 0.3 is 0 Å². The van der Waals surface area contributed by atoms with Crippen LogP contribution in [0, 0.1) is 6.92 Å². The molecule has 0 aliphatic rings. The van der Waals surface area contributed by atoms with Gasteiger partial charge in [-0.1, -0.05) is 6.07 Å². The van der Waals surface area contributed by atoms with Gasteiger partial charge in [0.1, 0.15) is 5.75 Å². The van der Waals surface area contributed by atoms with Gasteiger partial charge < -0.3 is 15.2 Å². The Hall–Kier alpha value is -2.40. The van der Waals surface area contributed by atoms with E-state index in [-0.39, 0.29) is 18.9 Å². The van der Waals surface area contributed by atoms with Gasteiger partial charge in [-0.25, -0.2) is 0 Å². The molecule has 1 amide bonds. The summed E-state index contributed by atoms with van der Waals surface area (Å²) >= 11 is 0. The molecule has 22 heavy (non-hydrogen) atoms. The van der Waals surface area contributed by atoms with Crippen molar-refractivity contribution in [3.8, 4) is 5.75 Å². The number of aromatic nitrogens is 1. The van der Waals surface area contributed by atoms with Crippen molar-refractivity contribution in [2.24, 2.45) is 0 Å². The van der Waals surface area contributed by atoms with Gasteiger partial charge in [-0.15, -0.1) is 0 Å². The molecule has 0 fully saturated rings. The zero-order chi connectivity index (χ0) is 15.9. The average Bonchev–Trinajstić information content (AvgIpc) is 2.51. The molecule has 0 bridgehead atoms. The van der Waals surface area contributed by atoms with E-state index in [0.29, 0.717) is 23.6 Å². The first-order chi connectivity index (χ1) is 10.6. The Balaban J connectivity index is 2.03. The van der Waals surface area contributed by atoms with Crippen molar-refractivity contribution in [2.75, 3.05) is 11.9 Å². The standard InChI is InChI=1S/C17H20N2O3/c1-3-22-16-7-6-15(9-14(16)11-20)19-17(21)8-13-5-4-12(2)18-10-13/h4-7,9-10,20H,3,8,11H2,1-2H3,(H,19,21). The van der Waals surface area contributed by atoms with Crippen LogP contribution < -0.4 is 10.1 Å². The van der Waals surface area contributed by atoms with E-state index < -0.39 is 0 Å². The summed E-state index contributed by atoms with van der Waals surface area (Å²) in [6.07, 6.45) is 1.96. The molecule has 0 spiro atoms. The lowest BCUT2D eigenvalue weighted by Gasteiger charge is -2.11. The van der Waals surface area contributed by atoms with E-state index in [2.05, 4.69) is 10.3 Å². The number of amides is 1. The van der Waals surface area contributed by atoms with Gasteiger partial charge in [0.2, 0.25) is 5.91 Å². The Labute approximate surface area is 130 Å². The summed E-state index contributed by atoms with van der Waals surface area (Å²) in [4.78, 5) is 16.2. The van der Waals surface area contributed by atoms with Gasteiger partial charge in [0.15, 0.2) is 0 Å². The Morgan fingerprint density at radius 3 is 2.77 bits per heavy atom. The van der Waals surface area contributed by atoms with Gasteiger partial charge in [-0.05, 0) is 43.7 Å². The van der Waals surface area contributed by atoms with E-state index in [9.17, 15) is 9.90 Å². The maximum atomic E-state index is 12.0. The van der Waals surface area contributed by atoms with E-state index >= 15 is 0 Å². The third-order valence-corrected chi connectivity index (χ3v) is 3.15. The first kappa shape index (κ1) is 16.0. The second-order valence-corrected chi connectivity index (χ2v) is 4.95. The molecular weight excluding hydrogens is 280 g/mol. The molecule has 0 saturated carbocycles. The molecule has 0 aliphatic carbocycles. The van der Waals surface area contributed by atoms with E-state index in [1.165, 1.54) is 0 Å². The van der Waals surface area contributed by atoms with Crippen molar-refractivity contribution in [1.29, 1.82) is 0 Å². The summed E-state index contributed by atoms with van der Waals surface area (Å²) < 4.78 is 5.41. The molecule has 0 atom stereocenters. The normalized spacial score (nSPS) is 10.3. The number of carbonyl (C=O) groups is 1. The number of anilines is 1. The highest BCUT2D eigenvalue weighted by atomic mass is 16.5. The Kier molecular flexibility index (Phi) is 5.49. The van der Waals surface area contributed by atoms with Crippen LogP contribution in [0.4, 0.5) is 5.69 Å². The number of hydrogen-bond acceptors (Lipinski definition) is 4. The van der Waals surface area contributed by atoms with Crippen LogP contribution in [0.25, 0.3) is 0 Å². The average molecular weight is 300 g/mol. The van der Waals surface area contributed by atoms with Crippen molar-refractivity contribution in [3.63, 3.8) is 0 Å². The van der Waals surface area contributed by atoms with Gasteiger partial charge in [-0.2, -0.15) is 0 Å². The Morgan fingerprint density at radius 1 is 1.32 bits per heavy atom. The van der Waals surface area contributed by atoms with Crippen molar-refractivity contribution in [2.45, 2.75) is 26.9 Å². The molecule has 0 radical (unpaired) electrons. The van der Waals surface area contributed by atoms with Crippen LogP contribution in [0.5, 0.6) is 5.75 Å². The molecule has 1 aromatic heterocycles. The summed E-state index contributed by atoms with van der Waals surface area (Å²) in [5, 5.41) is 12.2. The van der Waals surface area contributed by atoms with Crippen LogP contribution >= 0.6 is 0 Å². The fourth-order valence-electron chi connectivity index (χ4n) is 2.07. The molecule has 2 aromatic rings. The van der Waals surface area contributed by atoms with Crippen molar-refractivity contribution >= 4 is 11.6 Å². The number of aliphatic hydroxyl groups excluding tert-OH is 1. The molecule has 5 heteroatoms. The van der Waals surface area contributed by atoms with Crippen molar-refractivity contribution in [3.05, 3.63) is 53.3 Å². The summed E-state index contributed by atoms with van der Waals surface area (Å²) in [5.41, 5.74) is 3.06. The minimum Gasteiger partial charge on any atom is -0.494 e. The van der Waals surface area contributed by atoms with Gasteiger partial charge in [-0.3, -0.25) is 9.78 Å². The third-order valence-electron chi connectivity index (χ3n) is 3.15. The van der Waals surface area contributed by atoms with Crippen LogP contribution in [0.2, 0.25) is 0 Å². The number of rotatable bonds is 6. The third kappa shape index (κ3) is 4.30. The van der Waals surface area contributed by atoms with Crippen LogP contribution in [0.1, 0.15) is 23.7 Å². The minimum atomic E-state index is -0.138. The zero-order valence-corrected chi connectivity index (χ0v) is 12.8. The van der Waals surface area contributed by atoms with Crippen LogP contribution in [-0.2, 0) is 17.8 Å². The quantitative estimate of drug-likeness (QED) is 0.859. The number of pyridine rings is 1. The summed E-state index contributed by atoms with van der Waals surface area (Å²) in [7, 11) is 0. The summed E-state index contributed by atoms with van der Waals surface area (Å²) in [5.74, 6) is 0.504. The second kappa shape index (κ2) is 7.56. The first-order valence-electron chi connectivity index (χ1n) is 7.20. The molecule has 1 aromatic carbocycles. The monoisotopic (exact) mass is 300 g/mol. The van der Waals surface area contributed by atoms with Gasteiger partial charge in [0.05, 0.1) is 19.6 Å². The van der Waals surface area contributed by atoms with Crippen molar-refractivity contribution < 1.29 is 14.6 Å². The van der Waals surface area contributed by atoms with Crippen LogP contribution in [-0.4, -0.2) is 22.6 Å². The number of ether oxygens (including phenoxy) is 1. The zero-order valence-electron chi connectivity index (χ0n) is 12.8. The SMILES string of the molecule is CCOc1ccc(NC(=O)Cc2ccc(C)nc2)cc1CO.